The highest BCUT2D eigenvalue weighted by atomic mass is 19.1. The Kier molecular flexibility index (Phi) is 4.35. The third kappa shape index (κ3) is 3.32. The van der Waals surface area contributed by atoms with Gasteiger partial charge >= 0.3 is 0 Å². The lowest BCUT2D eigenvalue weighted by Gasteiger charge is -2.16. The number of anilines is 1. The first-order valence-corrected chi connectivity index (χ1v) is 4.50. The molecule has 14 heavy (non-hydrogen) atoms. The van der Waals surface area contributed by atoms with E-state index < -0.39 is 0 Å². The summed E-state index contributed by atoms with van der Waals surface area (Å²) in [5.74, 6) is -0.323. The van der Waals surface area contributed by atoms with E-state index in [-0.39, 0.29) is 25.1 Å². The van der Waals surface area contributed by atoms with Crippen molar-refractivity contribution in [2.24, 2.45) is 0 Å². The largest absolute Gasteiger partial charge is 0.396 e. The smallest absolute Gasteiger partial charge is 0.125 e. The molecule has 0 radical (unpaired) electrons. The van der Waals surface area contributed by atoms with E-state index in [9.17, 15) is 4.39 Å². The van der Waals surface area contributed by atoms with Gasteiger partial charge in [-0.1, -0.05) is 6.07 Å². The average Bonchev–Trinajstić information content (AvgIpc) is 2.17. The number of benzene rings is 1. The highest BCUT2D eigenvalue weighted by molar-refractivity contribution is 5.43. The molecule has 0 aliphatic heterocycles. The van der Waals surface area contributed by atoms with Gasteiger partial charge in [0.2, 0.25) is 0 Å². The molecule has 78 valence electrons. The molecule has 0 amide bonds. The minimum Gasteiger partial charge on any atom is -0.396 e. The van der Waals surface area contributed by atoms with Crippen molar-refractivity contribution >= 4 is 5.69 Å². The zero-order chi connectivity index (χ0) is 10.4. The van der Waals surface area contributed by atoms with Crippen LogP contribution < -0.4 is 5.32 Å². The van der Waals surface area contributed by atoms with Crippen molar-refractivity contribution in [2.45, 2.75) is 12.5 Å². The molecule has 0 aliphatic carbocycles. The Morgan fingerprint density at radius 1 is 1.36 bits per heavy atom. The van der Waals surface area contributed by atoms with Gasteiger partial charge in [0.15, 0.2) is 0 Å². The standard InChI is InChI=1S/C10H14FNO2/c11-8-2-1-3-9(6-8)12-10(7-14)4-5-13/h1-3,6,10,12-14H,4-5,7H2. The van der Waals surface area contributed by atoms with Crippen molar-refractivity contribution in [3.63, 3.8) is 0 Å². The summed E-state index contributed by atoms with van der Waals surface area (Å²) in [4.78, 5) is 0. The Balaban J connectivity index is 2.57. The van der Waals surface area contributed by atoms with Gasteiger partial charge < -0.3 is 15.5 Å². The summed E-state index contributed by atoms with van der Waals surface area (Å²) in [5.41, 5.74) is 0.609. The van der Waals surface area contributed by atoms with Crippen LogP contribution in [-0.2, 0) is 0 Å². The monoisotopic (exact) mass is 199 g/mol. The molecule has 1 aromatic carbocycles. The van der Waals surface area contributed by atoms with E-state index >= 15 is 0 Å². The molecule has 3 nitrogen and oxygen atoms in total. The molecule has 0 fully saturated rings. The van der Waals surface area contributed by atoms with Crippen LogP contribution in [0.5, 0.6) is 0 Å². The molecule has 1 aromatic rings. The second-order valence-corrected chi connectivity index (χ2v) is 3.05. The Morgan fingerprint density at radius 3 is 2.71 bits per heavy atom. The number of halogens is 1. The van der Waals surface area contributed by atoms with E-state index in [1.54, 1.807) is 12.1 Å². The maximum atomic E-state index is 12.8. The molecular formula is C10H14FNO2. The van der Waals surface area contributed by atoms with Gasteiger partial charge in [0.05, 0.1) is 12.6 Å². The van der Waals surface area contributed by atoms with E-state index in [4.69, 9.17) is 10.2 Å². The first kappa shape index (κ1) is 10.9. The van der Waals surface area contributed by atoms with Gasteiger partial charge in [-0.3, -0.25) is 0 Å². The highest BCUT2D eigenvalue weighted by Crippen LogP contribution is 2.11. The summed E-state index contributed by atoms with van der Waals surface area (Å²) >= 11 is 0. The number of aliphatic hydroxyl groups excluding tert-OH is 2. The summed E-state index contributed by atoms with van der Waals surface area (Å²) in [6.45, 7) is -0.0926. The SMILES string of the molecule is OCCC(CO)Nc1cccc(F)c1. The fourth-order valence-corrected chi connectivity index (χ4v) is 1.18. The molecule has 0 saturated heterocycles. The molecule has 4 heteroatoms. The van der Waals surface area contributed by atoms with Crippen molar-refractivity contribution in [3.8, 4) is 0 Å². The van der Waals surface area contributed by atoms with Crippen LogP contribution in [0.2, 0.25) is 0 Å². The van der Waals surface area contributed by atoms with E-state index in [0.29, 0.717) is 12.1 Å². The van der Waals surface area contributed by atoms with Gasteiger partial charge in [0.1, 0.15) is 5.82 Å². The fourth-order valence-electron chi connectivity index (χ4n) is 1.18. The molecule has 0 bridgehead atoms. The van der Waals surface area contributed by atoms with Gasteiger partial charge in [-0.15, -0.1) is 0 Å². The lowest BCUT2D eigenvalue weighted by Crippen LogP contribution is -2.24. The summed E-state index contributed by atoms with van der Waals surface area (Å²) < 4.78 is 12.8. The Labute approximate surface area is 82.2 Å². The van der Waals surface area contributed by atoms with Gasteiger partial charge in [-0.2, -0.15) is 0 Å². The van der Waals surface area contributed by atoms with Gasteiger partial charge in [-0.25, -0.2) is 4.39 Å². The molecule has 0 saturated carbocycles. The number of aliphatic hydroxyl groups is 2. The minimum atomic E-state index is -0.323. The maximum absolute atomic E-state index is 12.8. The predicted molar refractivity (Wildman–Crippen MR) is 52.6 cm³/mol. The molecule has 0 aliphatic rings. The van der Waals surface area contributed by atoms with Gasteiger partial charge in [-0.05, 0) is 24.6 Å². The summed E-state index contributed by atoms with van der Waals surface area (Å²) in [7, 11) is 0. The maximum Gasteiger partial charge on any atom is 0.125 e. The minimum absolute atomic E-state index is 0.00641. The van der Waals surface area contributed by atoms with E-state index in [1.807, 2.05) is 0 Å². The van der Waals surface area contributed by atoms with Crippen LogP contribution in [0.4, 0.5) is 10.1 Å². The number of hydrogen-bond acceptors (Lipinski definition) is 3. The Hall–Kier alpha value is -1.13. The van der Waals surface area contributed by atoms with Gasteiger partial charge in [0.25, 0.3) is 0 Å². The predicted octanol–water partition coefficient (Wildman–Crippen LogP) is 0.981. The molecule has 1 rings (SSSR count). The summed E-state index contributed by atoms with van der Waals surface area (Å²) in [6, 6.07) is 5.76. The third-order valence-electron chi connectivity index (χ3n) is 1.89. The van der Waals surface area contributed by atoms with E-state index in [0.717, 1.165) is 0 Å². The third-order valence-corrected chi connectivity index (χ3v) is 1.89. The first-order valence-electron chi connectivity index (χ1n) is 4.50. The second kappa shape index (κ2) is 5.57. The molecule has 0 heterocycles. The lowest BCUT2D eigenvalue weighted by atomic mass is 10.2. The summed E-state index contributed by atoms with van der Waals surface area (Å²) in [6.07, 6.45) is 0.438. The first-order chi connectivity index (χ1) is 6.76. The van der Waals surface area contributed by atoms with Crippen LogP contribution in [-0.4, -0.2) is 29.5 Å². The van der Waals surface area contributed by atoms with Crippen molar-refractivity contribution in [1.82, 2.24) is 0 Å². The van der Waals surface area contributed by atoms with Crippen LogP contribution in [0, 0.1) is 5.82 Å². The molecule has 0 aromatic heterocycles. The molecule has 0 spiro atoms. The van der Waals surface area contributed by atoms with Crippen LogP contribution in [0.3, 0.4) is 0 Å². The molecule has 1 atom stereocenters. The quantitative estimate of drug-likeness (QED) is 0.662. The van der Waals surface area contributed by atoms with Crippen molar-refractivity contribution in [1.29, 1.82) is 0 Å². The van der Waals surface area contributed by atoms with E-state index in [2.05, 4.69) is 5.32 Å². The van der Waals surface area contributed by atoms with Crippen LogP contribution >= 0.6 is 0 Å². The Bertz CT molecular complexity index is 281. The Morgan fingerprint density at radius 2 is 2.14 bits per heavy atom. The zero-order valence-electron chi connectivity index (χ0n) is 7.78. The highest BCUT2D eigenvalue weighted by Gasteiger charge is 2.06. The van der Waals surface area contributed by atoms with Crippen LogP contribution in [0.15, 0.2) is 24.3 Å². The van der Waals surface area contributed by atoms with Crippen molar-refractivity contribution in [3.05, 3.63) is 30.1 Å². The van der Waals surface area contributed by atoms with Crippen LogP contribution in [0.1, 0.15) is 6.42 Å². The summed E-state index contributed by atoms with van der Waals surface area (Å²) in [5, 5.41) is 20.5. The van der Waals surface area contributed by atoms with E-state index in [1.165, 1.54) is 12.1 Å². The average molecular weight is 199 g/mol. The van der Waals surface area contributed by atoms with Crippen LogP contribution in [0.25, 0.3) is 0 Å². The number of hydrogen-bond donors (Lipinski definition) is 3. The number of rotatable bonds is 5. The van der Waals surface area contributed by atoms with Gasteiger partial charge in [0, 0.05) is 12.3 Å². The zero-order valence-corrected chi connectivity index (χ0v) is 7.78. The molecular weight excluding hydrogens is 185 g/mol. The molecule has 3 N–H and O–H groups in total. The topological polar surface area (TPSA) is 52.5 Å². The van der Waals surface area contributed by atoms with Crippen molar-refractivity contribution in [2.75, 3.05) is 18.5 Å². The normalized spacial score (nSPS) is 12.5. The van der Waals surface area contributed by atoms with Crippen molar-refractivity contribution < 1.29 is 14.6 Å². The number of nitrogens with one attached hydrogen (secondary N) is 1. The molecule has 1 unspecified atom stereocenters. The second-order valence-electron chi connectivity index (χ2n) is 3.05. The fraction of sp³-hybridized carbons (Fsp3) is 0.400. The lowest BCUT2D eigenvalue weighted by molar-refractivity contribution is 0.229.